The molecule has 0 aromatic carbocycles. The minimum Gasteiger partial charge on any atom is -0.381 e. The Morgan fingerprint density at radius 1 is 1.28 bits per heavy atom. The van der Waals surface area contributed by atoms with Crippen LogP contribution >= 0.6 is 23.4 Å². The topological polar surface area (TPSA) is 71.1 Å². The molecule has 132 valence electrons. The zero-order chi connectivity index (χ0) is 17.3. The Hall–Kier alpha value is -1.57. The lowest BCUT2D eigenvalue weighted by atomic mass is 9.78. The SMILES string of the molecule is O=c1[nH]c(Sc2ccncc2Cl)cnc1N1CCC2(CCOC2)CC1. The average molecular weight is 379 g/mol. The number of aromatic nitrogens is 3. The third-order valence-electron chi connectivity index (χ3n) is 5.01. The third kappa shape index (κ3) is 3.54. The number of pyridine rings is 1. The lowest BCUT2D eigenvalue weighted by Gasteiger charge is -2.38. The Morgan fingerprint density at radius 3 is 2.80 bits per heavy atom. The molecule has 25 heavy (non-hydrogen) atoms. The van der Waals surface area contributed by atoms with Crippen molar-refractivity contribution in [2.75, 3.05) is 31.2 Å². The summed E-state index contributed by atoms with van der Waals surface area (Å²) in [6.45, 7) is 3.42. The quantitative estimate of drug-likeness (QED) is 0.885. The molecule has 4 rings (SSSR count). The van der Waals surface area contributed by atoms with E-state index in [9.17, 15) is 4.79 Å². The van der Waals surface area contributed by atoms with Gasteiger partial charge in [-0.1, -0.05) is 23.4 Å². The van der Waals surface area contributed by atoms with E-state index in [4.69, 9.17) is 16.3 Å². The molecule has 6 nitrogen and oxygen atoms in total. The molecule has 1 N–H and O–H groups in total. The fraction of sp³-hybridized carbons (Fsp3) is 0.471. The van der Waals surface area contributed by atoms with Crippen molar-refractivity contribution in [3.05, 3.63) is 40.0 Å². The molecule has 2 fully saturated rings. The lowest BCUT2D eigenvalue weighted by Crippen LogP contribution is -2.42. The summed E-state index contributed by atoms with van der Waals surface area (Å²) in [4.78, 5) is 26.7. The Kier molecular flexibility index (Phi) is 4.71. The van der Waals surface area contributed by atoms with Crippen molar-refractivity contribution in [3.8, 4) is 0 Å². The maximum atomic E-state index is 12.5. The van der Waals surface area contributed by atoms with Gasteiger partial charge < -0.3 is 14.6 Å². The number of nitrogens with one attached hydrogen (secondary N) is 1. The van der Waals surface area contributed by atoms with Gasteiger partial charge in [-0.15, -0.1) is 0 Å². The summed E-state index contributed by atoms with van der Waals surface area (Å²) in [6, 6.07) is 1.81. The number of halogens is 1. The maximum Gasteiger partial charge on any atom is 0.291 e. The minimum atomic E-state index is -0.159. The molecule has 0 radical (unpaired) electrons. The van der Waals surface area contributed by atoms with Gasteiger partial charge in [0.25, 0.3) is 5.56 Å². The van der Waals surface area contributed by atoms with Crippen LogP contribution in [0, 0.1) is 5.41 Å². The van der Waals surface area contributed by atoms with Gasteiger partial charge in [0.05, 0.1) is 22.9 Å². The number of ether oxygens (including phenoxy) is 1. The number of nitrogens with zero attached hydrogens (tertiary/aromatic N) is 3. The summed E-state index contributed by atoms with van der Waals surface area (Å²) >= 11 is 7.49. The van der Waals surface area contributed by atoms with Crippen molar-refractivity contribution in [2.45, 2.75) is 29.2 Å². The highest BCUT2D eigenvalue weighted by Gasteiger charge is 2.38. The van der Waals surface area contributed by atoms with Crippen molar-refractivity contribution >= 4 is 29.2 Å². The second-order valence-electron chi connectivity index (χ2n) is 6.60. The Labute approximate surface area is 155 Å². The van der Waals surface area contributed by atoms with Crippen LogP contribution in [0.25, 0.3) is 0 Å². The normalized spacial score (nSPS) is 19.5. The van der Waals surface area contributed by atoms with E-state index < -0.39 is 0 Å². The fourth-order valence-electron chi connectivity index (χ4n) is 3.46. The van der Waals surface area contributed by atoms with Crippen molar-refractivity contribution in [1.29, 1.82) is 0 Å². The summed E-state index contributed by atoms with van der Waals surface area (Å²) in [5, 5.41) is 1.22. The molecule has 0 amide bonds. The van der Waals surface area contributed by atoms with Crippen LogP contribution in [-0.4, -0.2) is 41.3 Å². The molecule has 0 bridgehead atoms. The summed E-state index contributed by atoms with van der Waals surface area (Å²) < 4.78 is 5.56. The molecular formula is C17H19ClN4O2S. The van der Waals surface area contributed by atoms with Crippen LogP contribution in [0.3, 0.4) is 0 Å². The van der Waals surface area contributed by atoms with E-state index in [0.717, 1.165) is 50.5 Å². The van der Waals surface area contributed by atoms with Gasteiger partial charge >= 0.3 is 0 Å². The third-order valence-corrected chi connectivity index (χ3v) is 6.42. The first-order chi connectivity index (χ1) is 12.2. The van der Waals surface area contributed by atoms with Gasteiger partial charge in [-0.05, 0) is 30.7 Å². The van der Waals surface area contributed by atoms with Gasteiger partial charge in [0.15, 0.2) is 5.82 Å². The van der Waals surface area contributed by atoms with E-state index in [2.05, 4.69) is 19.9 Å². The monoisotopic (exact) mass is 378 g/mol. The van der Waals surface area contributed by atoms with Gasteiger partial charge in [-0.2, -0.15) is 0 Å². The molecule has 2 saturated heterocycles. The lowest BCUT2D eigenvalue weighted by molar-refractivity contribution is 0.133. The molecule has 8 heteroatoms. The molecule has 0 atom stereocenters. The number of anilines is 1. The van der Waals surface area contributed by atoms with Crippen LogP contribution in [0.5, 0.6) is 0 Å². The molecule has 1 spiro atoms. The Bertz CT molecular complexity index is 812. The first-order valence-corrected chi connectivity index (χ1v) is 9.54. The molecule has 2 aromatic rings. The van der Waals surface area contributed by atoms with Crippen LogP contribution in [0.15, 0.2) is 39.4 Å². The second-order valence-corrected chi connectivity index (χ2v) is 8.09. The van der Waals surface area contributed by atoms with Crippen molar-refractivity contribution in [1.82, 2.24) is 15.0 Å². The van der Waals surface area contributed by atoms with Crippen molar-refractivity contribution < 1.29 is 4.74 Å². The predicted octanol–water partition coefficient (Wildman–Crippen LogP) is 2.98. The van der Waals surface area contributed by atoms with Crippen LogP contribution in [0.1, 0.15) is 19.3 Å². The minimum absolute atomic E-state index is 0.159. The predicted molar refractivity (Wildman–Crippen MR) is 97.5 cm³/mol. The number of H-pyrrole nitrogens is 1. The summed E-state index contributed by atoms with van der Waals surface area (Å²) in [6.07, 6.45) is 8.19. The maximum absolute atomic E-state index is 12.5. The van der Waals surface area contributed by atoms with E-state index in [1.165, 1.54) is 11.8 Å². The van der Waals surface area contributed by atoms with E-state index in [1.807, 2.05) is 6.07 Å². The smallest absolute Gasteiger partial charge is 0.291 e. The van der Waals surface area contributed by atoms with E-state index in [-0.39, 0.29) is 5.56 Å². The Balaban J connectivity index is 1.47. The van der Waals surface area contributed by atoms with Crippen LogP contribution in [0.4, 0.5) is 5.82 Å². The Morgan fingerprint density at radius 2 is 2.12 bits per heavy atom. The number of piperidine rings is 1. The van der Waals surface area contributed by atoms with Gasteiger partial charge in [0.1, 0.15) is 0 Å². The molecule has 0 saturated carbocycles. The zero-order valence-corrected chi connectivity index (χ0v) is 15.3. The standard InChI is InChI=1S/C17H19ClN4O2S/c18-12-9-19-5-1-13(12)25-14-10-20-15(16(23)21-14)22-6-2-17(3-7-22)4-8-24-11-17/h1,5,9-10H,2-4,6-8,11H2,(H,21,23). The highest BCUT2D eigenvalue weighted by atomic mass is 35.5. The van der Waals surface area contributed by atoms with Crippen molar-refractivity contribution in [3.63, 3.8) is 0 Å². The molecule has 4 heterocycles. The van der Waals surface area contributed by atoms with Gasteiger partial charge in [-0.25, -0.2) is 4.98 Å². The largest absolute Gasteiger partial charge is 0.381 e. The fourth-order valence-corrected chi connectivity index (χ4v) is 4.46. The van der Waals surface area contributed by atoms with Gasteiger partial charge in [-0.3, -0.25) is 9.78 Å². The van der Waals surface area contributed by atoms with Crippen LogP contribution in [-0.2, 0) is 4.74 Å². The van der Waals surface area contributed by atoms with Gasteiger partial charge in [0, 0.05) is 37.0 Å². The van der Waals surface area contributed by atoms with E-state index in [0.29, 0.717) is 21.3 Å². The second kappa shape index (κ2) is 6.97. The average Bonchev–Trinajstić information content (AvgIpc) is 3.06. The van der Waals surface area contributed by atoms with E-state index >= 15 is 0 Å². The molecule has 0 aliphatic carbocycles. The summed E-state index contributed by atoms with van der Waals surface area (Å²) in [7, 11) is 0. The summed E-state index contributed by atoms with van der Waals surface area (Å²) in [5.41, 5.74) is 0.158. The number of hydrogen-bond acceptors (Lipinski definition) is 6. The number of aromatic amines is 1. The van der Waals surface area contributed by atoms with Crippen LogP contribution in [0.2, 0.25) is 5.02 Å². The number of rotatable bonds is 3. The highest BCUT2D eigenvalue weighted by Crippen LogP contribution is 2.39. The first kappa shape index (κ1) is 16.9. The van der Waals surface area contributed by atoms with E-state index in [1.54, 1.807) is 18.6 Å². The number of hydrogen-bond donors (Lipinski definition) is 1. The molecule has 0 unspecified atom stereocenters. The molecular weight excluding hydrogens is 360 g/mol. The molecule has 2 aliphatic rings. The first-order valence-electron chi connectivity index (χ1n) is 8.35. The zero-order valence-electron chi connectivity index (χ0n) is 13.7. The molecule has 2 aliphatic heterocycles. The van der Waals surface area contributed by atoms with Crippen LogP contribution < -0.4 is 10.5 Å². The van der Waals surface area contributed by atoms with Gasteiger partial charge in [0.2, 0.25) is 0 Å². The highest BCUT2D eigenvalue weighted by molar-refractivity contribution is 7.99. The van der Waals surface area contributed by atoms with Crippen molar-refractivity contribution in [2.24, 2.45) is 5.41 Å². The summed E-state index contributed by atoms with van der Waals surface area (Å²) in [5.74, 6) is 0.499. The molecule has 2 aromatic heterocycles.